The SMILES string of the molecule is OCc1cccc[c]1[Pb]([c]1ccccc1)([c]1ccccc1)[c]1ccccc1. The van der Waals surface area contributed by atoms with Crippen molar-refractivity contribution in [3.63, 3.8) is 0 Å². The molecule has 0 bridgehead atoms. The Morgan fingerprint density at radius 3 is 1.26 bits per heavy atom. The van der Waals surface area contributed by atoms with Gasteiger partial charge in [-0.2, -0.15) is 0 Å². The van der Waals surface area contributed by atoms with E-state index in [4.69, 9.17) is 0 Å². The molecule has 0 heterocycles. The van der Waals surface area contributed by atoms with Gasteiger partial charge in [-0.05, 0) is 0 Å². The first-order chi connectivity index (χ1) is 13.4. The van der Waals surface area contributed by atoms with Crippen molar-refractivity contribution in [1.29, 1.82) is 0 Å². The van der Waals surface area contributed by atoms with E-state index in [1.165, 1.54) is 12.5 Å². The zero-order chi connectivity index (χ0) is 18.5. The molecule has 1 N–H and O–H groups in total. The summed E-state index contributed by atoms with van der Waals surface area (Å²) in [5, 5.41) is 10.2. The molecule has 0 unspecified atom stereocenters. The van der Waals surface area contributed by atoms with Gasteiger partial charge in [-0.25, -0.2) is 0 Å². The molecular formula is C25H22OPb. The van der Waals surface area contributed by atoms with Crippen LogP contribution >= 0.6 is 0 Å². The van der Waals surface area contributed by atoms with Crippen LogP contribution in [0.3, 0.4) is 0 Å². The number of aliphatic hydroxyl groups is 1. The summed E-state index contributed by atoms with van der Waals surface area (Å²) < 4.78 is 5.55. The molecular weight excluding hydrogens is 523 g/mol. The molecule has 1 nitrogen and oxygen atoms in total. The summed E-state index contributed by atoms with van der Waals surface area (Å²) in [7, 11) is 0. The Bertz CT molecular complexity index is 901. The number of benzene rings is 4. The minimum atomic E-state index is -3.74. The Morgan fingerprint density at radius 2 is 0.852 bits per heavy atom. The van der Waals surface area contributed by atoms with Gasteiger partial charge in [-0.3, -0.25) is 0 Å². The Balaban J connectivity index is 2.17. The van der Waals surface area contributed by atoms with Crippen LogP contribution in [0, 0.1) is 0 Å². The topological polar surface area (TPSA) is 20.2 Å². The van der Waals surface area contributed by atoms with Crippen LogP contribution in [0.25, 0.3) is 0 Å². The number of aliphatic hydroxyl groups excluding tert-OH is 1. The van der Waals surface area contributed by atoms with Crippen LogP contribution in [0.5, 0.6) is 0 Å². The molecule has 0 aliphatic rings. The van der Waals surface area contributed by atoms with Crippen LogP contribution in [0.1, 0.15) is 5.56 Å². The fourth-order valence-corrected chi connectivity index (χ4v) is 23.5. The van der Waals surface area contributed by atoms with Gasteiger partial charge in [0.05, 0.1) is 0 Å². The third-order valence-corrected chi connectivity index (χ3v) is 24.2. The van der Waals surface area contributed by atoms with Crippen molar-refractivity contribution in [2.75, 3.05) is 0 Å². The summed E-state index contributed by atoms with van der Waals surface area (Å²) in [6, 6.07) is 41.1. The molecule has 27 heavy (non-hydrogen) atoms. The zero-order valence-corrected chi connectivity index (χ0v) is 19.0. The molecule has 4 rings (SSSR count). The third kappa shape index (κ3) is 3.26. The van der Waals surface area contributed by atoms with E-state index in [2.05, 4.69) is 109 Å². The van der Waals surface area contributed by atoms with Gasteiger partial charge in [0.2, 0.25) is 0 Å². The van der Waals surface area contributed by atoms with Crippen LogP contribution in [0.2, 0.25) is 0 Å². The summed E-state index contributed by atoms with van der Waals surface area (Å²) in [6.45, 7) is 0.0599. The molecule has 132 valence electrons. The summed E-state index contributed by atoms with van der Waals surface area (Å²) in [5.41, 5.74) is 1.04. The van der Waals surface area contributed by atoms with Crippen molar-refractivity contribution >= 4 is 33.7 Å². The summed E-state index contributed by atoms with van der Waals surface area (Å²) >= 11 is -3.74. The van der Waals surface area contributed by atoms with Gasteiger partial charge >= 0.3 is 166 Å². The van der Waals surface area contributed by atoms with Gasteiger partial charge in [0.15, 0.2) is 0 Å². The third-order valence-electron chi connectivity index (χ3n) is 5.21. The average Bonchev–Trinajstić information content (AvgIpc) is 2.77. The van der Waals surface area contributed by atoms with Crippen LogP contribution in [0.15, 0.2) is 115 Å². The van der Waals surface area contributed by atoms with E-state index in [1.807, 2.05) is 6.07 Å². The van der Waals surface area contributed by atoms with Gasteiger partial charge in [-0.1, -0.05) is 0 Å². The van der Waals surface area contributed by atoms with Gasteiger partial charge < -0.3 is 0 Å². The summed E-state index contributed by atoms with van der Waals surface area (Å²) in [6.07, 6.45) is 0. The summed E-state index contributed by atoms with van der Waals surface area (Å²) in [4.78, 5) is 0. The molecule has 0 fully saturated rings. The maximum absolute atomic E-state index is 10.2. The number of hydrogen-bond donors (Lipinski definition) is 1. The Hall–Kier alpha value is -2.24. The Kier molecular flexibility index (Phi) is 5.51. The Labute approximate surface area is 165 Å². The van der Waals surface area contributed by atoms with Crippen molar-refractivity contribution < 1.29 is 5.11 Å². The molecule has 0 atom stereocenters. The van der Waals surface area contributed by atoms with E-state index >= 15 is 0 Å². The van der Waals surface area contributed by atoms with Crippen molar-refractivity contribution in [2.45, 2.75) is 6.61 Å². The molecule has 0 spiro atoms. The normalized spacial score (nSPS) is 11.3. The van der Waals surface area contributed by atoms with Crippen LogP contribution in [-0.4, -0.2) is 26.3 Å². The first-order valence-corrected chi connectivity index (χ1v) is 17.0. The van der Waals surface area contributed by atoms with Crippen LogP contribution in [0.4, 0.5) is 0 Å². The second-order valence-electron chi connectivity index (χ2n) is 6.66. The molecule has 4 aromatic carbocycles. The molecule has 0 saturated carbocycles. The van der Waals surface area contributed by atoms with Crippen molar-refractivity contribution in [3.8, 4) is 0 Å². The molecule has 0 radical (unpaired) electrons. The summed E-state index contributed by atoms with van der Waals surface area (Å²) in [5.74, 6) is 0. The molecule has 0 aliphatic carbocycles. The Morgan fingerprint density at radius 1 is 0.481 bits per heavy atom. The van der Waals surface area contributed by atoms with Gasteiger partial charge in [-0.15, -0.1) is 0 Å². The fraction of sp³-hybridized carbons (Fsp3) is 0.0400. The van der Waals surface area contributed by atoms with Crippen molar-refractivity contribution in [1.82, 2.24) is 0 Å². The standard InChI is InChI=1S/C7H7O.3C6H5.Pb/c8-6-7-4-2-1-3-5-7;3*1-2-4-6-5-3-1;/h1-4,8H,6H2;3*1-5H;. The maximum atomic E-state index is 10.2. The van der Waals surface area contributed by atoms with E-state index in [0.29, 0.717) is 0 Å². The average molecular weight is 546 g/mol. The van der Waals surface area contributed by atoms with E-state index < -0.39 is 21.2 Å². The van der Waals surface area contributed by atoms with Crippen molar-refractivity contribution in [2.24, 2.45) is 0 Å². The van der Waals surface area contributed by atoms with Gasteiger partial charge in [0.1, 0.15) is 0 Å². The monoisotopic (exact) mass is 546 g/mol. The first kappa shape index (κ1) is 18.1. The van der Waals surface area contributed by atoms with E-state index in [1.54, 1.807) is 0 Å². The molecule has 0 aliphatic heterocycles. The molecule has 0 saturated heterocycles. The van der Waals surface area contributed by atoms with Gasteiger partial charge in [0.25, 0.3) is 0 Å². The fourth-order valence-electron chi connectivity index (χ4n) is 4.05. The van der Waals surface area contributed by atoms with E-state index in [9.17, 15) is 5.11 Å². The number of rotatable bonds is 5. The predicted octanol–water partition coefficient (Wildman–Crippen LogP) is 2.56. The molecule has 0 amide bonds. The molecule has 4 aromatic rings. The van der Waals surface area contributed by atoms with E-state index in [-0.39, 0.29) is 6.61 Å². The van der Waals surface area contributed by atoms with Gasteiger partial charge in [0, 0.05) is 0 Å². The number of hydrogen-bond acceptors (Lipinski definition) is 1. The zero-order valence-electron chi connectivity index (χ0n) is 15.1. The second-order valence-corrected chi connectivity index (χ2v) is 21.3. The second kappa shape index (κ2) is 8.19. The minimum absolute atomic E-state index is 0.0599. The molecule has 2 heteroatoms. The van der Waals surface area contributed by atoms with Crippen LogP contribution in [-0.2, 0) is 6.61 Å². The predicted molar refractivity (Wildman–Crippen MR) is 116 cm³/mol. The molecule has 0 aromatic heterocycles. The van der Waals surface area contributed by atoms with Crippen molar-refractivity contribution in [3.05, 3.63) is 121 Å². The van der Waals surface area contributed by atoms with E-state index in [0.717, 1.165) is 5.56 Å². The van der Waals surface area contributed by atoms with Crippen LogP contribution < -0.4 is 12.5 Å². The first-order valence-electron chi connectivity index (χ1n) is 9.23. The quantitative estimate of drug-likeness (QED) is 0.383.